The van der Waals surface area contributed by atoms with Crippen LogP contribution in [0.2, 0.25) is 5.02 Å². The third-order valence-corrected chi connectivity index (χ3v) is 2.83. The van der Waals surface area contributed by atoms with Gasteiger partial charge in [0.2, 0.25) is 0 Å². The van der Waals surface area contributed by atoms with Crippen LogP contribution in [-0.4, -0.2) is 24.9 Å². The van der Waals surface area contributed by atoms with E-state index in [9.17, 15) is 5.11 Å². The highest BCUT2D eigenvalue weighted by Gasteiger charge is 2.21. The average Bonchev–Trinajstić information content (AvgIpc) is 2.32. The van der Waals surface area contributed by atoms with Crippen LogP contribution < -0.4 is 15.2 Å². The second kappa shape index (κ2) is 4.80. The molecular formula is C11H14ClNO3. The topological polar surface area (TPSA) is 64.7 Å². The van der Waals surface area contributed by atoms with Crippen molar-refractivity contribution in [3.05, 3.63) is 16.7 Å². The summed E-state index contributed by atoms with van der Waals surface area (Å²) in [7, 11) is 0. The summed E-state index contributed by atoms with van der Waals surface area (Å²) in [6, 6.07) is 1.77. The molecule has 4 nitrogen and oxygen atoms in total. The van der Waals surface area contributed by atoms with Crippen LogP contribution in [0.3, 0.4) is 0 Å². The van der Waals surface area contributed by atoms with Crippen molar-refractivity contribution in [1.82, 2.24) is 0 Å². The molecule has 0 unspecified atom stereocenters. The molecule has 3 N–H and O–H groups in total. The summed E-state index contributed by atoms with van der Waals surface area (Å²) < 4.78 is 10.8. The van der Waals surface area contributed by atoms with E-state index in [0.717, 1.165) is 12.0 Å². The number of phenolic OH excluding ortho intramolecular Hbond substituents is 1. The molecule has 1 aromatic carbocycles. The first kappa shape index (κ1) is 11.4. The molecule has 1 heterocycles. The Hall–Kier alpha value is -1.13. The zero-order chi connectivity index (χ0) is 11.5. The summed E-state index contributed by atoms with van der Waals surface area (Å²) in [4.78, 5) is 0. The van der Waals surface area contributed by atoms with E-state index in [-0.39, 0.29) is 10.8 Å². The maximum absolute atomic E-state index is 9.87. The fourth-order valence-corrected chi connectivity index (χ4v) is 1.94. The molecular weight excluding hydrogens is 230 g/mol. The largest absolute Gasteiger partial charge is 0.506 e. The van der Waals surface area contributed by atoms with Crippen LogP contribution in [0.4, 0.5) is 0 Å². The SMILES string of the molecule is NCCCc1cc2c(c(Cl)c1O)OCCO2. The van der Waals surface area contributed by atoms with Gasteiger partial charge in [0.25, 0.3) is 0 Å². The van der Waals surface area contributed by atoms with E-state index in [4.69, 9.17) is 26.8 Å². The van der Waals surface area contributed by atoms with Crippen LogP contribution in [0.5, 0.6) is 17.2 Å². The Morgan fingerprint density at radius 1 is 1.38 bits per heavy atom. The molecule has 1 aliphatic rings. The standard InChI is InChI=1S/C11H14ClNO3/c12-9-10(14)7(2-1-3-13)6-8-11(9)16-5-4-15-8/h6,14H,1-5,13H2. The fraction of sp³-hybridized carbons (Fsp3) is 0.455. The molecule has 0 spiro atoms. The van der Waals surface area contributed by atoms with Crippen LogP contribution in [0, 0.1) is 0 Å². The Morgan fingerprint density at radius 3 is 2.88 bits per heavy atom. The Bertz CT molecular complexity index is 395. The van der Waals surface area contributed by atoms with E-state index >= 15 is 0 Å². The van der Waals surface area contributed by atoms with E-state index in [1.165, 1.54) is 0 Å². The van der Waals surface area contributed by atoms with Gasteiger partial charge in [0, 0.05) is 0 Å². The van der Waals surface area contributed by atoms with Gasteiger partial charge in [-0.3, -0.25) is 0 Å². The van der Waals surface area contributed by atoms with Crippen molar-refractivity contribution in [2.24, 2.45) is 5.73 Å². The van der Waals surface area contributed by atoms with Crippen LogP contribution in [-0.2, 0) is 6.42 Å². The number of phenols is 1. The molecule has 0 saturated heterocycles. The lowest BCUT2D eigenvalue weighted by atomic mass is 10.1. The molecule has 5 heteroatoms. The van der Waals surface area contributed by atoms with Gasteiger partial charge in [0.15, 0.2) is 11.5 Å². The average molecular weight is 244 g/mol. The molecule has 0 aliphatic carbocycles. The Morgan fingerprint density at radius 2 is 2.12 bits per heavy atom. The fourth-order valence-electron chi connectivity index (χ4n) is 1.67. The molecule has 1 aliphatic heterocycles. The normalized spacial score (nSPS) is 13.9. The number of fused-ring (bicyclic) bond motifs is 1. The molecule has 0 bridgehead atoms. The predicted octanol–water partition coefficient (Wildman–Crippen LogP) is 1.71. The molecule has 0 aromatic heterocycles. The molecule has 0 saturated carbocycles. The quantitative estimate of drug-likeness (QED) is 0.848. The summed E-state index contributed by atoms with van der Waals surface area (Å²) in [6.45, 7) is 1.53. The van der Waals surface area contributed by atoms with Gasteiger partial charge in [0.05, 0.1) is 0 Å². The zero-order valence-corrected chi connectivity index (χ0v) is 9.59. The molecule has 0 fully saturated rings. The summed E-state index contributed by atoms with van der Waals surface area (Å²) in [5, 5.41) is 10.1. The summed E-state index contributed by atoms with van der Waals surface area (Å²) in [6.07, 6.45) is 1.47. The van der Waals surface area contributed by atoms with Gasteiger partial charge in [0.1, 0.15) is 24.0 Å². The van der Waals surface area contributed by atoms with Gasteiger partial charge in [-0.2, -0.15) is 0 Å². The lowest BCUT2D eigenvalue weighted by Crippen LogP contribution is -2.16. The van der Waals surface area contributed by atoms with Crippen molar-refractivity contribution < 1.29 is 14.6 Å². The minimum atomic E-state index is 0.0689. The van der Waals surface area contributed by atoms with E-state index in [2.05, 4.69) is 0 Å². The second-order valence-electron chi connectivity index (χ2n) is 3.61. The van der Waals surface area contributed by atoms with Gasteiger partial charge in [-0.05, 0) is 31.0 Å². The number of benzene rings is 1. The maximum atomic E-state index is 9.87. The summed E-state index contributed by atoms with van der Waals surface area (Å²) >= 11 is 6.01. The minimum Gasteiger partial charge on any atom is -0.506 e. The third kappa shape index (κ3) is 2.03. The minimum absolute atomic E-state index is 0.0689. The van der Waals surface area contributed by atoms with Crippen molar-refractivity contribution in [3.63, 3.8) is 0 Å². The molecule has 0 amide bonds. The van der Waals surface area contributed by atoms with Crippen LogP contribution in [0.15, 0.2) is 6.07 Å². The van der Waals surface area contributed by atoms with Crippen molar-refractivity contribution in [1.29, 1.82) is 0 Å². The smallest absolute Gasteiger partial charge is 0.183 e. The first-order valence-corrected chi connectivity index (χ1v) is 5.62. The maximum Gasteiger partial charge on any atom is 0.183 e. The van der Waals surface area contributed by atoms with Crippen molar-refractivity contribution in [2.45, 2.75) is 12.8 Å². The van der Waals surface area contributed by atoms with E-state index < -0.39 is 0 Å². The monoisotopic (exact) mass is 243 g/mol. The van der Waals surface area contributed by atoms with E-state index in [1.807, 2.05) is 0 Å². The van der Waals surface area contributed by atoms with Crippen molar-refractivity contribution in [2.75, 3.05) is 19.8 Å². The van der Waals surface area contributed by atoms with Gasteiger partial charge in [-0.15, -0.1) is 0 Å². The number of hydrogen-bond donors (Lipinski definition) is 2. The first-order valence-electron chi connectivity index (χ1n) is 5.24. The van der Waals surface area contributed by atoms with Crippen molar-refractivity contribution in [3.8, 4) is 17.2 Å². The second-order valence-corrected chi connectivity index (χ2v) is 3.99. The molecule has 1 aromatic rings. The lowest BCUT2D eigenvalue weighted by molar-refractivity contribution is 0.171. The van der Waals surface area contributed by atoms with Crippen LogP contribution in [0.1, 0.15) is 12.0 Å². The number of hydrogen-bond acceptors (Lipinski definition) is 4. The predicted molar refractivity (Wildman–Crippen MR) is 61.5 cm³/mol. The van der Waals surface area contributed by atoms with Gasteiger partial charge >= 0.3 is 0 Å². The Balaban J connectivity index is 2.36. The molecule has 0 radical (unpaired) electrons. The van der Waals surface area contributed by atoms with Gasteiger partial charge < -0.3 is 20.3 Å². The molecule has 0 atom stereocenters. The number of aryl methyl sites for hydroxylation is 1. The molecule has 88 valence electrons. The van der Waals surface area contributed by atoms with Crippen LogP contribution >= 0.6 is 11.6 Å². The van der Waals surface area contributed by atoms with E-state index in [0.29, 0.717) is 37.7 Å². The number of aromatic hydroxyl groups is 1. The van der Waals surface area contributed by atoms with Crippen LogP contribution in [0.25, 0.3) is 0 Å². The van der Waals surface area contributed by atoms with Crippen molar-refractivity contribution >= 4 is 11.6 Å². The lowest BCUT2D eigenvalue weighted by Gasteiger charge is -2.21. The van der Waals surface area contributed by atoms with E-state index in [1.54, 1.807) is 6.07 Å². The molecule has 16 heavy (non-hydrogen) atoms. The Kier molecular flexibility index (Phi) is 3.41. The van der Waals surface area contributed by atoms with Gasteiger partial charge in [-0.1, -0.05) is 11.6 Å². The third-order valence-electron chi connectivity index (χ3n) is 2.48. The highest BCUT2D eigenvalue weighted by Crippen LogP contribution is 2.45. The summed E-state index contributed by atoms with van der Waals surface area (Å²) in [5.41, 5.74) is 6.18. The summed E-state index contributed by atoms with van der Waals surface area (Å²) in [5.74, 6) is 1.10. The zero-order valence-electron chi connectivity index (χ0n) is 8.83. The highest BCUT2D eigenvalue weighted by atomic mass is 35.5. The van der Waals surface area contributed by atoms with Gasteiger partial charge in [-0.25, -0.2) is 0 Å². The highest BCUT2D eigenvalue weighted by molar-refractivity contribution is 6.33. The molecule has 2 rings (SSSR count). The number of ether oxygens (including phenoxy) is 2. The number of halogens is 1. The Labute approximate surface area is 98.9 Å². The number of rotatable bonds is 3. The number of nitrogens with two attached hydrogens (primary N) is 1. The first-order chi connectivity index (χ1) is 7.74.